The zero-order chi connectivity index (χ0) is 12.3. The number of anilines is 1. The summed E-state index contributed by atoms with van der Waals surface area (Å²) >= 11 is 0. The summed E-state index contributed by atoms with van der Waals surface area (Å²) in [6.07, 6.45) is 4.50. The predicted molar refractivity (Wildman–Crippen MR) is 69.8 cm³/mol. The summed E-state index contributed by atoms with van der Waals surface area (Å²) in [6.45, 7) is 0. The first-order valence-corrected chi connectivity index (χ1v) is 6.19. The molecule has 0 unspecified atom stereocenters. The Balaban J connectivity index is 2.08. The van der Waals surface area contributed by atoms with Gasteiger partial charge in [-0.15, -0.1) is 0 Å². The van der Waals surface area contributed by atoms with Crippen LogP contribution < -0.4 is 10.6 Å². The Morgan fingerprint density at radius 3 is 2.65 bits per heavy atom. The fraction of sp³-hybridized carbons (Fsp3) is 0.500. The molecule has 17 heavy (non-hydrogen) atoms. The highest BCUT2D eigenvalue weighted by Crippen LogP contribution is 2.26. The first-order chi connectivity index (χ1) is 8.20. The van der Waals surface area contributed by atoms with Gasteiger partial charge in [0.2, 0.25) is 0 Å². The van der Waals surface area contributed by atoms with Gasteiger partial charge in [0, 0.05) is 24.8 Å². The molecule has 0 spiro atoms. The minimum Gasteiger partial charge on any atom is -0.372 e. The molecule has 1 saturated carbocycles. The maximum atomic E-state index is 8.90. The SMILES string of the molecule is CN(c1cccc(C#N)c1)C1CCC(N)CC1. The number of nitrogens with zero attached hydrogens (tertiary/aromatic N) is 2. The molecule has 1 aromatic carbocycles. The summed E-state index contributed by atoms with van der Waals surface area (Å²) in [5.41, 5.74) is 7.77. The van der Waals surface area contributed by atoms with E-state index in [2.05, 4.69) is 24.1 Å². The molecule has 0 radical (unpaired) electrons. The third-order valence-corrected chi connectivity index (χ3v) is 3.67. The zero-order valence-electron chi connectivity index (χ0n) is 10.3. The molecule has 3 nitrogen and oxygen atoms in total. The summed E-state index contributed by atoms with van der Waals surface area (Å²) in [6, 6.07) is 10.9. The van der Waals surface area contributed by atoms with Gasteiger partial charge in [0.25, 0.3) is 0 Å². The molecule has 0 amide bonds. The lowest BCUT2D eigenvalue weighted by molar-refractivity contribution is 0.385. The van der Waals surface area contributed by atoms with Gasteiger partial charge in [-0.3, -0.25) is 0 Å². The monoisotopic (exact) mass is 229 g/mol. The molecule has 1 aliphatic rings. The van der Waals surface area contributed by atoms with Crippen molar-refractivity contribution in [2.75, 3.05) is 11.9 Å². The fourth-order valence-electron chi connectivity index (χ4n) is 2.49. The molecule has 2 rings (SSSR count). The summed E-state index contributed by atoms with van der Waals surface area (Å²) < 4.78 is 0. The van der Waals surface area contributed by atoms with E-state index in [-0.39, 0.29) is 0 Å². The molecule has 0 aromatic heterocycles. The normalized spacial score (nSPS) is 24.1. The Morgan fingerprint density at radius 2 is 2.00 bits per heavy atom. The van der Waals surface area contributed by atoms with Crippen LogP contribution in [0.5, 0.6) is 0 Å². The number of rotatable bonds is 2. The van der Waals surface area contributed by atoms with Crippen molar-refractivity contribution in [3.8, 4) is 6.07 Å². The van der Waals surface area contributed by atoms with Gasteiger partial charge in [-0.1, -0.05) is 6.07 Å². The lowest BCUT2D eigenvalue weighted by Gasteiger charge is -2.35. The van der Waals surface area contributed by atoms with Crippen molar-refractivity contribution in [3.05, 3.63) is 29.8 Å². The van der Waals surface area contributed by atoms with Crippen molar-refractivity contribution in [1.29, 1.82) is 5.26 Å². The maximum absolute atomic E-state index is 8.90. The van der Waals surface area contributed by atoms with Gasteiger partial charge in [0.1, 0.15) is 0 Å². The van der Waals surface area contributed by atoms with Gasteiger partial charge in [-0.2, -0.15) is 5.26 Å². The molecule has 0 bridgehead atoms. The zero-order valence-corrected chi connectivity index (χ0v) is 10.3. The molecular weight excluding hydrogens is 210 g/mol. The summed E-state index contributed by atoms with van der Waals surface area (Å²) in [5, 5.41) is 8.90. The summed E-state index contributed by atoms with van der Waals surface area (Å²) in [4.78, 5) is 2.28. The van der Waals surface area contributed by atoms with E-state index >= 15 is 0 Å². The standard InChI is InChI=1S/C14H19N3/c1-17(13-7-5-12(16)6-8-13)14-4-2-3-11(9-14)10-15/h2-4,9,12-13H,5-8,16H2,1H3. The van der Waals surface area contributed by atoms with Crippen LogP contribution in [0.1, 0.15) is 31.2 Å². The molecule has 0 atom stereocenters. The van der Waals surface area contributed by atoms with Crippen LogP contribution in [0, 0.1) is 11.3 Å². The van der Waals surface area contributed by atoms with Crippen LogP contribution >= 0.6 is 0 Å². The van der Waals surface area contributed by atoms with Gasteiger partial charge in [0.05, 0.1) is 11.6 Å². The minimum absolute atomic E-state index is 0.380. The van der Waals surface area contributed by atoms with Gasteiger partial charge in [0.15, 0.2) is 0 Å². The van der Waals surface area contributed by atoms with Crippen molar-refractivity contribution in [2.24, 2.45) is 5.73 Å². The second-order valence-electron chi connectivity index (χ2n) is 4.84. The van der Waals surface area contributed by atoms with E-state index in [4.69, 9.17) is 11.0 Å². The fourth-order valence-corrected chi connectivity index (χ4v) is 2.49. The van der Waals surface area contributed by atoms with E-state index in [0.29, 0.717) is 12.1 Å². The van der Waals surface area contributed by atoms with E-state index in [0.717, 1.165) is 36.9 Å². The van der Waals surface area contributed by atoms with Crippen LogP contribution in [-0.2, 0) is 0 Å². The summed E-state index contributed by atoms with van der Waals surface area (Å²) in [7, 11) is 2.11. The molecule has 2 N–H and O–H groups in total. The molecule has 1 aliphatic carbocycles. The number of nitriles is 1. The minimum atomic E-state index is 0.380. The Labute approximate surface area is 103 Å². The summed E-state index contributed by atoms with van der Waals surface area (Å²) in [5.74, 6) is 0. The van der Waals surface area contributed by atoms with Crippen LogP contribution in [0.2, 0.25) is 0 Å². The van der Waals surface area contributed by atoms with Crippen LogP contribution in [0.15, 0.2) is 24.3 Å². The Morgan fingerprint density at radius 1 is 1.29 bits per heavy atom. The van der Waals surface area contributed by atoms with Gasteiger partial charge < -0.3 is 10.6 Å². The average molecular weight is 229 g/mol. The van der Waals surface area contributed by atoms with Crippen LogP contribution in [0.3, 0.4) is 0 Å². The van der Waals surface area contributed by atoms with Gasteiger partial charge in [-0.05, 0) is 43.9 Å². The number of benzene rings is 1. The van der Waals surface area contributed by atoms with E-state index in [1.165, 1.54) is 0 Å². The quantitative estimate of drug-likeness (QED) is 0.846. The Hall–Kier alpha value is -1.53. The number of hydrogen-bond acceptors (Lipinski definition) is 3. The highest BCUT2D eigenvalue weighted by atomic mass is 15.1. The highest BCUT2D eigenvalue weighted by Gasteiger charge is 2.22. The van der Waals surface area contributed by atoms with Crippen LogP contribution in [0.4, 0.5) is 5.69 Å². The third kappa shape index (κ3) is 2.78. The molecule has 0 aliphatic heterocycles. The largest absolute Gasteiger partial charge is 0.372 e. The smallest absolute Gasteiger partial charge is 0.0992 e. The molecule has 0 heterocycles. The van der Waals surface area contributed by atoms with Crippen molar-refractivity contribution in [2.45, 2.75) is 37.8 Å². The first-order valence-electron chi connectivity index (χ1n) is 6.19. The van der Waals surface area contributed by atoms with E-state index < -0.39 is 0 Å². The van der Waals surface area contributed by atoms with E-state index in [1.54, 1.807) is 0 Å². The topological polar surface area (TPSA) is 53.0 Å². The van der Waals surface area contributed by atoms with Crippen molar-refractivity contribution >= 4 is 5.69 Å². The Bertz CT molecular complexity index is 414. The average Bonchev–Trinajstić information content (AvgIpc) is 2.39. The van der Waals surface area contributed by atoms with Crippen molar-refractivity contribution in [1.82, 2.24) is 0 Å². The van der Waals surface area contributed by atoms with Crippen LogP contribution in [0.25, 0.3) is 0 Å². The molecule has 90 valence electrons. The lowest BCUT2D eigenvalue weighted by atomic mass is 9.90. The van der Waals surface area contributed by atoms with Crippen molar-refractivity contribution < 1.29 is 0 Å². The number of hydrogen-bond donors (Lipinski definition) is 1. The van der Waals surface area contributed by atoms with E-state index in [9.17, 15) is 0 Å². The maximum Gasteiger partial charge on any atom is 0.0992 e. The Kier molecular flexibility index (Phi) is 3.65. The van der Waals surface area contributed by atoms with Gasteiger partial charge in [-0.25, -0.2) is 0 Å². The van der Waals surface area contributed by atoms with E-state index in [1.807, 2.05) is 18.2 Å². The second-order valence-corrected chi connectivity index (χ2v) is 4.84. The van der Waals surface area contributed by atoms with Gasteiger partial charge >= 0.3 is 0 Å². The predicted octanol–water partition coefficient (Wildman–Crippen LogP) is 2.26. The highest BCUT2D eigenvalue weighted by molar-refractivity contribution is 5.51. The molecular formula is C14H19N3. The second kappa shape index (κ2) is 5.20. The van der Waals surface area contributed by atoms with Crippen LogP contribution in [-0.4, -0.2) is 19.1 Å². The van der Waals surface area contributed by atoms with Crippen molar-refractivity contribution in [3.63, 3.8) is 0 Å². The molecule has 3 heteroatoms. The molecule has 0 saturated heterocycles. The molecule has 1 fully saturated rings. The molecule has 1 aromatic rings. The lowest BCUT2D eigenvalue weighted by Crippen LogP contribution is -2.38. The third-order valence-electron chi connectivity index (χ3n) is 3.67. The number of nitrogens with two attached hydrogens (primary N) is 1. The first kappa shape index (κ1) is 11.9.